The van der Waals surface area contributed by atoms with Gasteiger partial charge in [0.1, 0.15) is 17.6 Å². The normalized spacial score (nSPS) is 12.2. The van der Waals surface area contributed by atoms with Crippen molar-refractivity contribution in [3.8, 4) is 0 Å². The van der Waals surface area contributed by atoms with Crippen LogP contribution in [0.2, 0.25) is 0 Å². The van der Waals surface area contributed by atoms with Gasteiger partial charge in [0.15, 0.2) is 0 Å². The second-order valence-electron chi connectivity index (χ2n) is 4.45. The monoisotopic (exact) mass is 284 g/mol. The molecule has 7 nitrogen and oxygen atoms in total. The number of fused-ring (bicyclic) bond motifs is 1. The van der Waals surface area contributed by atoms with Gasteiger partial charge in [0.05, 0.1) is 0 Å². The van der Waals surface area contributed by atoms with Crippen molar-refractivity contribution >= 4 is 22.9 Å². The lowest BCUT2D eigenvalue weighted by Crippen LogP contribution is -2.09. The third-order valence-electron chi connectivity index (χ3n) is 3.11. The van der Waals surface area contributed by atoms with Crippen LogP contribution in [0.25, 0.3) is 11.0 Å². The summed E-state index contributed by atoms with van der Waals surface area (Å²) >= 11 is 0. The second kappa shape index (κ2) is 5.22. The number of nitrogens with zero attached hydrogens (tertiary/aromatic N) is 2. The maximum absolute atomic E-state index is 10.5. The summed E-state index contributed by atoms with van der Waals surface area (Å²) in [6.07, 6.45) is 2.76. The minimum absolute atomic E-state index is 0.207. The zero-order valence-corrected chi connectivity index (χ0v) is 10.8. The third-order valence-corrected chi connectivity index (χ3v) is 3.11. The van der Waals surface area contributed by atoms with Gasteiger partial charge in [-0.15, -0.1) is 0 Å². The van der Waals surface area contributed by atoms with E-state index in [0.717, 1.165) is 5.39 Å². The van der Waals surface area contributed by atoms with Crippen LogP contribution in [0.4, 0.5) is 10.6 Å². The Labute approximate surface area is 119 Å². The first-order valence-electron chi connectivity index (χ1n) is 6.21. The molecule has 1 amide bonds. The van der Waals surface area contributed by atoms with Gasteiger partial charge in [-0.2, -0.15) is 0 Å². The average molecular weight is 284 g/mol. The van der Waals surface area contributed by atoms with Crippen molar-refractivity contribution in [3.63, 3.8) is 0 Å². The number of aliphatic hydroxyl groups excluding tert-OH is 1. The molecule has 1 atom stereocenters. The van der Waals surface area contributed by atoms with E-state index in [2.05, 4.69) is 20.3 Å². The van der Waals surface area contributed by atoms with Crippen molar-refractivity contribution in [2.24, 2.45) is 0 Å². The lowest BCUT2D eigenvalue weighted by Gasteiger charge is -2.10. The number of hydrogen-bond donors (Lipinski definition) is 4. The zero-order valence-electron chi connectivity index (χ0n) is 10.8. The van der Waals surface area contributed by atoms with E-state index in [4.69, 9.17) is 5.11 Å². The Bertz CT molecular complexity index is 782. The van der Waals surface area contributed by atoms with E-state index < -0.39 is 12.2 Å². The molecule has 0 spiro atoms. The molecule has 1 unspecified atom stereocenters. The molecular formula is C14H12N4O3. The number of aliphatic hydroxyl groups is 1. The van der Waals surface area contributed by atoms with Crippen LogP contribution in [0.1, 0.15) is 17.2 Å². The number of nitrogens with one attached hydrogen (secondary N) is 2. The number of anilines is 1. The first-order valence-corrected chi connectivity index (χ1v) is 6.21. The van der Waals surface area contributed by atoms with Crippen LogP contribution < -0.4 is 5.32 Å². The van der Waals surface area contributed by atoms with E-state index in [-0.39, 0.29) is 5.82 Å². The summed E-state index contributed by atoms with van der Waals surface area (Å²) in [7, 11) is 0. The predicted octanol–water partition coefficient (Wildman–Crippen LogP) is 2.13. The lowest BCUT2D eigenvalue weighted by molar-refractivity contribution is 0.209. The first-order chi connectivity index (χ1) is 10.1. The highest BCUT2D eigenvalue weighted by Gasteiger charge is 2.16. The standard InChI is InChI=1S/C14H12N4O3/c19-12(8-3-4-11(16-6-8)18-14(20)21)10-7-17-13-9(10)2-1-5-15-13/h1-7,12,19H,(H,15,17)(H,16,18)(H,20,21). The van der Waals surface area contributed by atoms with Gasteiger partial charge in [-0.25, -0.2) is 14.8 Å². The number of aromatic nitrogens is 3. The van der Waals surface area contributed by atoms with Crippen molar-refractivity contribution in [2.75, 3.05) is 5.32 Å². The van der Waals surface area contributed by atoms with E-state index in [1.54, 1.807) is 24.5 Å². The Morgan fingerprint density at radius 2 is 2.14 bits per heavy atom. The van der Waals surface area contributed by atoms with Crippen molar-refractivity contribution in [1.29, 1.82) is 0 Å². The number of pyridine rings is 2. The molecular weight excluding hydrogens is 272 g/mol. The topological polar surface area (TPSA) is 111 Å². The SMILES string of the molecule is O=C(O)Nc1ccc(C(O)c2c[nH]c3ncccc23)cn1. The molecule has 106 valence electrons. The molecule has 0 saturated heterocycles. The van der Waals surface area contributed by atoms with Crippen molar-refractivity contribution < 1.29 is 15.0 Å². The molecule has 3 aromatic rings. The fourth-order valence-electron chi connectivity index (χ4n) is 2.13. The predicted molar refractivity (Wildman–Crippen MR) is 76.0 cm³/mol. The molecule has 0 aliphatic heterocycles. The van der Waals surface area contributed by atoms with Gasteiger partial charge in [-0.1, -0.05) is 6.07 Å². The van der Waals surface area contributed by atoms with Crippen LogP contribution in [0.5, 0.6) is 0 Å². The number of rotatable bonds is 3. The summed E-state index contributed by atoms with van der Waals surface area (Å²) in [5.41, 5.74) is 1.96. The molecule has 0 saturated carbocycles. The molecule has 0 bridgehead atoms. The number of amides is 1. The average Bonchev–Trinajstić information content (AvgIpc) is 2.90. The van der Waals surface area contributed by atoms with E-state index in [9.17, 15) is 9.90 Å². The Balaban J connectivity index is 1.91. The van der Waals surface area contributed by atoms with Gasteiger partial charge in [0, 0.05) is 35.1 Å². The van der Waals surface area contributed by atoms with E-state index in [1.165, 1.54) is 12.3 Å². The van der Waals surface area contributed by atoms with Crippen LogP contribution in [0.15, 0.2) is 42.9 Å². The second-order valence-corrected chi connectivity index (χ2v) is 4.45. The molecule has 0 aliphatic rings. The van der Waals surface area contributed by atoms with Gasteiger partial charge >= 0.3 is 6.09 Å². The highest BCUT2D eigenvalue weighted by molar-refractivity contribution is 5.81. The Morgan fingerprint density at radius 3 is 2.86 bits per heavy atom. The quantitative estimate of drug-likeness (QED) is 0.588. The Hall–Kier alpha value is -2.93. The molecule has 3 aromatic heterocycles. The Kier molecular flexibility index (Phi) is 3.25. The van der Waals surface area contributed by atoms with Gasteiger partial charge in [0.2, 0.25) is 0 Å². The zero-order chi connectivity index (χ0) is 14.8. The van der Waals surface area contributed by atoms with Crippen LogP contribution in [-0.4, -0.2) is 31.3 Å². The smallest absolute Gasteiger partial charge is 0.410 e. The number of H-pyrrole nitrogens is 1. The Morgan fingerprint density at radius 1 is 1.29 bits per heavy atom. The molecule has 0 aliphatic carbocycles. The molecule has 3 heterocycles. The van der Waals surface area contributed by atoms with Gasteiger partial charge in [0.25, 0.3) is 0 Å². The van der Waals surface area contributed by atoms with Crippen molar-refractivity contribution in [3.05, 3.63) is 54.0 Å². The van der Waals surface area contributed by atoms with Crippen molar-refractivity contribution in [2.45, 2.75) is 6.10 Å². The largest absolute Gasteiger partial charge is 0.465 e. The molecule has 0 fully saturated rings. The number of hydrogen-bond acceptors (Lipinski definition) is 4. The summed E-state index contributed by atoms with van der Waals surface area (Å²) in [5.74, 6) is 0.207. The minimum Gasteiger partial charge on any atom is -0.465 e. The summed E-state index contributed by atoms with van der Waals surface area (Å²) < 4.78 is 0. The van der Waals surface area contributed by atoms with Crippen LogP contribution >= 0.6 is 0 Å². The van der Waals surface area contributed by atoms with E-state index in [1.807, 2.05) is 6.07 Å². The fourth-order valence-corrected chi connectivity index (χ4v) is 2.13. The third kappa shape index (κ3) is 2.54. The molecule has 4 N–H and O–H groups in total. The maximum Gasteiger partial charge on any atom is 0.410 e. The highest BCUT2D eigenvalue weighted by Crippen LogP contribution is 2.27. The maximum atomic E-state index is 10.5. The molecule has 3 rings (SSSR count). The number of carbonyl (C=O) groups is 1. The number of aromatic amines is 1. The summed E-state index contributed by atoms with van der Waals surface area (Å²) in [4.78, 5) is 21.6. The van der Waals surface area contributed by atoms with Crippen molar-refractivity contribution in [1.82, 2.24) is 15.0 Å². The van der Waals surface area contributed by atoms with E-state index in [0.29, 0.717) is 16.8 Å². The summed E-state index contributed by atoms with van der Waals surface area (Å²) in [5, 5.41) is 22.0. The molecule has 0 radical (unpaired) electrons. The van der Waals surface area contributed by atoms with Gasteiger partial charge in [-0.3, -0.25) is 5.32 Å². The summed E-state index contributed by atoms with van der Waals surface area (Å²) in [6, 6.07) is 6.79. The van der Waals surface area contributed by atoms with Crippen LogP contribution in [-0.2, 0) is 0 Å². The minimum atomic E-state index is -1.18. The lowest BCUT2D eigenvalue weighted by atomic mass is 10.0. The molecule has 21 heavy (non-hydrogen) atoms. The van der Waals surface area contributed by atoms with Gasteiger partial charge in [-0.05, 0) is 18.2 Å². The summed E-state index contributed by atoms with van der Waals surface area (Å²) in [6.45, 7) is 0. The molecule has 7 heteroatoms. The fraction of sp³-hybridized carbons (Fsp3) is 0.0714. The van der Waals surface area contributed by atoms with Crippen LogP contribution in [0.3, 0.4) is 0 Å². The van der Waals surface area contributed by atoms with E-state index >= 15 is 0 Å². The first kappa shape index (κ1) is 13.1. The highest BCUT2D eigenvalue weighted by atomic mass is 16.4. The van der Waals surface area contributed by atoms with Crippen LogP contribution in [0, 0.1) is 0 Å². The van der Waals surface area contributed by atoms with Gasteiger partial charge < -0.3 is 15.2 Å². The number of carboxylic acid groups (broad SMARTS) is 1. The molecule has 0 aromatic carbocycles.